The highest BCUT2D eigenvalue weighted by atomic mass is 32.1. The smallest absolute Gasteiger partial charge is 0.494 e. The Labute approximate surface area is 239 Å². The number of nitrogens with zero attached hydrogens (tertiary/aromatic N) is 3. The summed E-state index contributed by atoms with van der Waals surface area (Å²) in [6.45, 7) is 8.19. The Bertz CT molecular complexity index is 1390. The zero-order valence-corrected chi connectivity index (χ0v) is 23.9. The van der Waals surface area contributed by atoms with Crippen molar-refractivity contribution in [3.63, 3.8) is 0 Å². The van der Waals surface area contributed by atoms with Crippen molar-refractivity contribution in [2.75, 3.05) is 57.6 Å². The molecule has 0 atom stereocenters. The second-order valence-corrected chi connectivity index (χ2v) is 10.8. The minimum atomic E-state index is -0.737. The summed E-state index contributed by atoms with van der Waals surface area (Å²) in [7, 11) is 0. The van der Waals surface area contributed by atoms with E-state index in [2.05, 4.69) is 44.4 Å². The molecule has 212 valence electrons. The summed E-state index contributed by atoms with van der Waals surface area (Å²) in [4.78, 5) is 21.1. The van der Waals surface area contributed by atoms with Gasteiger partial charge in [0, 0.05) is 59.5 Å². The first kappa shape index (κ1) is 28.0. The molecule has 1 aliphatic heterocycles. The van der Waals surface area contributed by atoms with Gasteiger partial charge in [-0.25, -0.2) is 9.78 Å². The molecule has 1 saturated heterocycles. The molecule has 0 bridgehead atoms. The normalized spacial score (nSPS) is 14.0. The molecule has 3 heterocycles. The first-order valence-corrected chi connectivity index (χ1v) is 15.0. The molecule has 5 rings (SSSR count). The fraction of sp³-hybridized carbons (Fsp3) is 0.419. The maximum absolute atomic E-state index is 11.5. The second kappa shape index (κ2) is 14.2. The Balaban J connectivity index is 1.00. The number of carbonyl (C=O) groups is 1. The summed E-state index contributed by atoms with van der Waals surface area (Å²) in [5, 5.41) is 4.54. The number of pyridine rings is 1. The summed E-state index contributed by atoms with van der Waals surface area (Å²) in [6, 6.07) is 18.4. The van der Waals surface area contributed by atoms with Crippen LogP contribution in [0.15, 0.2) is 60.0 Å². The molecule has 0 radical (unpaired) electrons. The molecule has 0 unspecified atom stereocenters. The van der Waals surface area contributed by atoms with Crippen LogP contribution in [-0.2, 0) is 9.47 Å². The molecule has 0 aliphatic carbocycles. The number of carbonyl (C=O) groups excluding carboxylic acids is 1. The van der Waals surface area contributed by atoms with Gasteiger partial charge in [-0.1, -0.05) is 19.4 Å². The number of anilines is 1. The lowest BCUT2D eigenvalue weighted by atomic mass is 10.2. The largest absolute Gasteiger partial charge is 0.511 e. The Morgan fingerprint density at radius 1 is 0.925 bits per heavy atom. The standard InChI is InChI=1S/C31H37N3O5S/c1-2-3-19-37-31(35)39-23-38-30-12-10-24-9-11-25(22-27(24)32-30)36-20-5-4-14-33-15-17-34(18-16-33)28-7-6-8-29-26(28)13-21-40-29/h6-13,21-22H,2-5,14-20,23H2,1H3. The van der Waals surface area contributed by atoms with E-state index in [0.717, 1.165) is 75.1 Å². The zero-order chi connectivity index (χ0) is 27.6. The van der Waals surface area contributed by atoms with E-state index in [1.807, 2.05) is 42.5 Å². The monoisotopic (exact) mass is 563 g/mol. The van der Waals surface area contributed by atoms with E-state index in [9.17, 15) is 4.79 Å². The summed E-state index contributed by atoms with van der Waals surface area (Å²) in [6.07, 6.45) is 3.11. The number of hydrogen-bond donors (Lipinski definition) is 0. The molecular formula is C31H37N3O5S. The number of ether oxygens (including phenoxy) is 4. The summed E-state index contributed by atoms with van der Waals surface area (Å²) < 4.78 is 22.7. The van der Waals surface area contributed by atoms with E-state index in [1.54, 1.807) is 6.07 Å². The van der Waals surface area contributed by atoms with Crippen molar-refractivity contribution in [1.82, 2.24) is 9.88 Å². The van der Waals surface area contributed by atoms with Gasteiger partial charge in [0.25, 0.3) is 0 Å². The molecule has 1 fully saturated rings. The van der Waals surface area contributed by atoms with Crippen LogP contribution in [0.2, 0.25) is 0 Å². The molecule has 4 aromatic rings. The Morgan fingerprint density at radius 2 is 1.80 bits per heavy atom. The molecular weight excluding hydrogens is 526 g/mol. The number of unbranched alkanes of at least 4 members (excludes halogenated alkanes) is 2. The van der Waals surface area contributed by atoms with Gasteiger partial charge in [-0.3, -0.25) is 4.90 Å². The zero-order valence-electron chi connectivity index (χ0n) is 23.0. The summed E-state index contributed by atoms with van der Waals surface area (Å²) >= 11 is 1.81. The first-order chi connectivity index (χ1) is 19.7. The topological polar surface area (TPSA) is 73.4 Å². The van der Waals surface area contributed by atoms with Crippen molar-refractivity contribution in [1.29, 1.82) is 0 Å². The van der Waals surface area contributed by atoms with Crippen LogP contribution in [0.1, 0.15) is 32.6 Å². The van der Waals surface area contributed by atoms with Crippen molar-refractivity contribution in [2.24, 2.45) is 0 Å². The average molecular weight is 564 g/mol. The van der Waals surface area contributed by atoms with Crippen molar-refractivity contribution in [2.45, 2.75) is 32.6 Å². The van der Waals surface area contributed by atoms with Crippen molar-refractivity contribution < 1.29 is 23.7 Å². The number of piperazine rings is 1. The Hall–Kier alpha value is -3.56. The van der Waals surface area contributed by atoms with Crippen molar-refractivity contribution in [3.8, 4) is 11.6 Å². The van der Waals surface area contributed by atoms with Crippen molar-refractivity contribution >= 4 is 44.2 Å². The molecule has 0 saturated carbocycles. The van der Waals surface area contributed by atoms with Gasteiger partial charge in [-0.05, 0) is 67.6 Å². The van der Waals surface area contributed by atoms with E-state index in [1.165, 1.54) is 15.8 Å². The van der Waals surface area contributed by atoms with E-state index in [4.69, 9.17) is 18.9 Å². The number of benzene rings is 2. The number of hydrogen-bond acceptors (Lipinski definition) is 9. The lowest BCUT2D eigenvalue weighted by Crippen LogP contribution is -2.46. The van der Waals surface area contributed by atoms with E-state index < -0.39 is 6.16 Å². The number of fused-ring (bicyclic) bond motifs is 2. The molecule has 0 spiro atoms. The maximum atomic E-state index is 11.5. The minimum absolute atomic E-state index is 0.251. The highest BCUT2D eigenvalue weighted by Gasteiger charge is 2.18. The molecule has 9 heteroatoms. The molecule has 2 aromatic heterocycles. The van der Waals surface area contributed by atoms with Crippen LogP contribution in [0, 0.1) is 0 Å². The van der Waals surface area contributed by atoms with Gasteiger partial charge < -0.3 is 23.8 Å². The fourth-order valence-corrected chi connectivity index (χ4v) is 5.63. The molecule has 1 aliphatic rings. The van der Waals surface area contributed by atoms with E-state index >= 15 is 0 Å². The van der Waals surface area contributed by atoms with Crippen molar-refractivity contribution in [3.05, 3.63) is 60.0 Å². The predicted molar refractivity (Wildman–Crippen MR) is 160 cm³/mol. The third kappa shape index (κ3) is 7.55. The first-order valence-electron chi connectivity index (χ1n) is 14.1. The van der Waals surface area contributed by atoms with Crippen LogP contribution in [0.25, 0.3) is 21.0 Å². The quantitative estimate of drug-likeness (QED) is 0.101. The van der Waals surface area contributed by atoms with Gasteiger partial charge in [0.1, 0.15) is 5.75 Å². The molecule has 2 aromatic carbocycles. The molecule has 40 heavy (non-hydrogen) atoms. The number of thiophene rings is 1. The van der Waals surface area contributed by atoms with Gasteiger partial charge >= 0.3 is 6.16 Å². The molecule has 8 nitrogen and oxygen atoms in total. The number of aromatic nitrogens is 1. The fourth-order valence-electron chi connectivity index (χ4n) is 4.82. The van der Waals surface area contributed by atoms with Gasteiger partial charge in [-0.15, -0.1) is 11.3 Å². The SMILES string of the molecule is CCCCOC(=O)OCOc1ccc2ccc(OCCCCN3CCN(c4cccc5sccc45)CC3)cc2n1. The van der Waals surface area contributed by atoms with Crippen LogP contribution >= 0.6 is 11.3 Å². The van der Waals surface area contributed by atoms with E-state index in [-0.39, 0.29) is 6.79 Å². The summed E-state index contributed by atoms with van der Waals surface area (Å²) in [5.41, 5.74) is 2.13. The predicted octanol–water partition coefficient (Wildman–Crippen LogP) is 6.72. The van der Waals surface area contributed by atoms with Crippen LogP contribution in [0.3, 0.4) is 0 Å². The average Bonchev–Trinajstić information content (AvgIpc) is 3.47. The van der Waals surface area contributed by atoms with Gasteiger partial charge in [0.2, 0.25) is 12.7 Å². The highest BCUT2D eigenvalue weighted by molar-refractivity contribution is 7.17. The van der Waals surface area contributed by atoms with Gasteiger partial charge in [-0.2, -0.15) is 0 Å². The van der Waals surface area contributed by atoms with Crippen LogP contribution < -0.4 is 14.4 Å². The van der Waals surface area contributed by atoms with Gasteiger partial charge in [0.05, 0.1) is 18.7 Å². The lowest BCUT2D eigenvalue weighted by Gasteiger charge is -2.36. The van der Waals surface area contributed by atoms with Crippen LogP contribution in [0.4, 0.5) is 10.5 Å². The molecule has 0 amide bonds. The van der Waals surface area contributed by atoms with Crippen LogP contribution in [-0.4, -0.2) is 68.8 Å². The third-order valence-corrected chi connectivity index (χ3v) is 7.94. The molecule has 0 N–H and O–H groups in total. The lowest BCUT2D eigenvalue weighted by molar-refractivity contribution is 0.00285. The highest BCUT2D eigenvalue weighted by Crippen LogP contribution is 2.31. The maximum Gasteiger partial charge on any atom is 0.511 e. The Kier molecular flexibility index (Phi) is 9.92. The van der Waals surface area contributed by atoms with E-state index in [0.29, 0.717) is 19.1 Å². The third-order valence-electron chi connectivity index (χ3n) is 7.06. The summed E-state index contributed by atoms with van der Waals surface area (Å²) in [5.74, 6) is 1.15. The van der Waals surface area contributed by atoms with Gasteiger partial charge in [0.15, 0.2) is 0 Å². The minimum Gasteiger partial charge on any atom is -0.494 e. The van der Waals surface area contributed by atoms with Crippen LogP contribution in [0.5, 0.6) is 11.6 Å². The Morgan fingerprint density at radius 3 is 2.67 bits per heavy atom. The number of rotatable bonds is 13. The second-order valence-electron chi connectivity index (χ2n) is 9.86.